The molecule has 114 valence electrons. The summed E-state index contributed by atoms with van der Waals surface area (Å²) in [5, 5.41) is 0.845. The molecule has 22 heavy (non-hydrogen) atoms. The summed E-state index contributed by atoms with van der Waals surface area (Å²) in [6.45, 7) is 2.84. The molecule has 1 aliphatic carbocycles. The van der Waals surface area contributed by atoms with Gasteiger partial charge in [-0.15, -0.1) is 0 Å². The molecule has 2 aromatic carbocycles. The van der Waals surface area contributed by atoms with E-state index in [9.17, 15) is 0 Å². The maximum atomic E-state index is 5.63. The zero-order valence-electron chi connectivity index (χ0n) is 12.5. The monoisotopic (exact) mass is 420 g/mol. The second kappa shape index (κ2) is 7.01. The summed E-state index contributed by atoms with van der Waals surface area (Å²) in [4.78, 5) is 0. The highest BCUT2D eigenvalue weighted by Gasteiger charge is 2.19. The number of rotatable bonds is 4. The van der Waals surface area contributed by atoms with Crippen LogP contribution in [0.1, 0.15) is 28.7 Å². The minimum Gasteiger partial charge on any atom is -0.493 e. The average molecular weight is 422 g/mol. The van der Waals surface area contributed by atoms with Crippen LogP contribution in [0, 0.1) is 6.92 Å². The molecule has 0 fully saturated rings. The van der Waals surface area contributed by atoms with E-state index in [-0.39, 0.29) is 0 Å². The third-order valence-corrected chi connectivity index (χ3v) is 5.02. The number of ether oxygens (including phenoxy) is 1. The molecule has 0 heterocycles. The van der Waals surface area contributed by atoms with Gasteiger partial charge in [-0.05, 0) is 54.2 Å². The molecular weight excluding hydrogens is 404 g/mol. The van der Waals surface area contributed by atoms with Gasteiger partial charge < -0.3 is 4.74 Å². The number of aryl methyl sites for hydroxylation is 2. The fraction of sp³-hybridized carbons (Fsp3) is 0.263. The highest BCUT2D eigenvalue weighted by Crippen LogP contribution is 2.39. The van der Waals surface area contributed by atoms with E-state index in [2.05, 4.69) is 69.1 Å². The van der Waals surface area contributed by atoms with Crippen molar-refractivity contribution in [1.82, 2.24) is 0 Å². The van der Waals surface area contributed by atoms with E-state index < -0.39 is 0 Å². The van der Waals surface area contributed by atoms with Crippen LogP contribution in [0.3, 0.4) is 0 Å². The van der Waals surface area contributed by atoms with Crippen LogP contribution >= 0.6 is 31.9 Å². The van der Waals surface area contributed by atoms with Gasteiger partial charge in [0.15, 0.2) is 0 Å². The lowest BCUT2D eigenvalue weighted by atomic mass is 9.86. The van der Waals surface area contributed by atoms with Crippen LogP contribution in [-0.4, -0.2) is 11.9 Å². The van der Waals surface area contributed by atoms with E-state index in [1.807, 2.05) is 12.1 Å². The number of halogens is 2. The normalized spacial score (nSPS) is 14.0. The van der Waals surface area contributed by atoms with Gasteiger partial charge in [0.2, 0.25) is 0 Å². The first-order chi connectivity index (χ1) is 10.7. The van der Waals surface area contributed by atoms with Crippen molar-refractivity contribution in [3.8, 4) is 5.75 Å². The molecule has 0 spiro atoms. The minimum absolute atomic E-state index is 0.688. The number of hydrogen-bond donors (Lipinski definition) is 0. The molecule has 0 saturated carbocycles. The number of allylic oxidation sites excluding steroid dienone is 1. The molecule has 0 radical (unpaired) electrons. The zero-order chi connectivity index (χ0) is 15.5. The van der Waals surface area contributed by atoms with Crippen LogP contribution < -0.4 is 4.74 Å². The highest BCUT2D eigenvalue weighted by atomic mass is 79.9. The Morgan fingerprint density at radius 2 is 1.82 bits per heavy atom. The zero-order valence-corrected chi connectivity index (χ0v) is 15.7. The van der Waals surface area contributed by atoms with Gasteiger partial charge in [0.1, 0.15) is 5.75 Å². The summed E-state index contributed by atoms with van der Waals surface area (Å²) in [5.74, 6) is 0.917. The van der Waals surface area contributed by atoms with Crippen LogP contribution in [0.15, 0.2) is 46.9 Å². The largest absolute Gasteiger partial charge is 0.493 e. The van der Waals surface area contributed by atoms with Gasteiger partial charge in [0.05, 0.1) is 6.61 Å². The van der Waals surface area contributed by atoms with Crippen molar-refractivity contribution in [2.45, 2.75) is 19.8 Å². The fourth-order valence-electron chi connectivity index (χ4n) is 2.88. The SMILES string of the molecule is Cc1ccc2c(c1)CCC(Br)=C2c1ccc(OCCBr)cc1. The molecule has 2 aromatic rings. The van der Waals surface area contributed by atoms with Crippen LogP contribution in [0.4, 0.5) is 0 Å². The molecule has 0 aromatic heterocycles. The molecule has 0 unspecified atom stereocenters. The number of benzene rings is 2. The molecule has 3 heteroatoms. The molecule has 0 N–H and O–H groups in total. The molecule has 0 atom stereocenters. The number of hydrogen-bond acceptors (Lipinski definition) is 1. The molecule has 0 bridgehead atoms. The number of fused-ring (bicyclic) bond motifs is 1. The second-order valence-electron chi connectivity index (χ2n) is 5.50. The third-order valence-electron chi connectivity index (χ3n) is 3.90. The Morgan fingerprint density at radius 3 is 2.55 bits per heavy atom. The Kier molecular flexibility index (Phi) is 5.04. The molecule has 0 amide bonds. The Morgan fingerprint density at radius 1 is 1.05 bits per heavy atom. The lowest BCUT2D eigenvalue weighted by Gasteiger charge is -2.22. The van der Waals surface area contributed by atoms with Crippen molar-refractivity contribution >= 4 is 37.4 Å². The van der Waals surface area contributed by atoms with Crippen molar-refractivity contribution in [2.24, 2.45) is 0 Å². The van der Waals surface area contributed by atoms with Gasteiger partial charge in [0, 0.05) is 9.81 Å². The maximum absolute atomic E-state index is 5.63. The van der Waals surface area contributed by atoms with Crippen molar-refractivity contribution in [1.29, 1.82) is 0 Å². The van der Waals surface area contributed by atoms with Gasteiger partial charge in [-0.25, -0.2) is 0 Å². The predicted molar refractivity (Wildman–Crippen MR) is 100 cm³/mol. The lowest BCUT2D eigenvalue weighted by Crippen LogP contribution is -2.04. The van der Waals surface area contributed by atoms with E-state index in [1.165, 1.54) is 32.3 Å². The number of alkyl halides is 1. The van der Waals surface area contributed by atoms with Crippen molar-refractivity contribution in [3.63, 3.8) is 0 Å². The van der Waals surface area contributed by atoms with Gasteiger partial charge in [0.25, 0.3) is 0 Å². The predicted octanol–water partition coefficient (Wildman–Crippen LogP) is 5.87. The van der Waals surface area contributed by atoms with E-state index >= 15 is 0 Å². The fourth-order valence-corrected chi connectivity index (χ4v) is 3.68. The summed E-state index contributed by atoms with van der Waals surface area (Å²) in [5.41, 5.74) is 6.67. The first-order valence-electron chi connectivity index (χ1n) is 7.47. The van der Waals surface area contributed by atoms with Crippen molar-refractivity contribution in [2.75, 3.05) is 11.9 Å². The summed E-state index contributed by atoms with van der Waals surface area (Å²) >= 11 is 7.16. The smallest absolute Gasteiger partial charge is 0.119 e. The highest BCUT2D eigenvalue weighted by molar-refractivity contribution is 9.11. The van der Waals surface area contributed by atoms with Crippen molar-refractivity contribution < 1.29 is 4.74 Å². The van der Waals surface area contributed by atoms with Gasteiger partial charge in [-0.1, -0.05) is 67.8 Å². The summed E-state index contributed by atoms with van der Waals surface area (Å²) in [6, 6.07) is 15.1. The van der Waals surface area contributed by atoms with Gasteiger partial charge >= 0.3 is 0 Å². The van der Waals surface area contributed by atoms with E-state index in [1.54, 1.807) is 0 Å². The van der Waals surface area contributed by atoms with Gasteiger partial charge in [-0.2, -0.15) is 0 Å². The third kappa shape index (κ3) is 3.31. The van der Waals surface area contributed by atoms with E-state index in [0.29, 0.717) is 6.61 Å². The lowest BCUT2D eigenvalue weighted by molar-refractivity contribution is 0.345. The first-order valence-corrected chi connectivity index (χ1v) is 9.38. The Hall–Kier alpha value is -1.06. The topological polar surface area (TPSA) is 9.23 Å². The quantitative estimate of drug-likeness (QED) is 0.561. The van der Waals surface area contributed by atoms with Crippen molar-refractivity contribution in [3.05, 3.63) is 69.2 Å². The summed E-state index contributed by atoms with van der Waals surface area (Å²) < 4.78 is 6.92. The van der Waals surface area contributed by atoms with E-state index in [0.717, 1.165) is 23.9 Å². The molecule has 0 aliphatic heterocycles. The molecule has 1 nitrogen and oxygen atoms in total. The summed E-state index contributed by atoms with van der Waals surface area (Å²) in [7, 11) is 0. The minimum atomic E-state index is 0.688. The molecular formula is C19H18Br2O. The maximum Gasteiger partial charge on any atom is 0.119 e. The molecule has 3 rings (SSSR count). The Bertz CT molecular complexity index is 702. The van der Waals surface area contributed by atoms with Crippen LogP contribution in [-0.2, 0) is 6.42 Å². The summed E-state index contributed by atoms with van der Waals surface area (Å²) in [6.07, 6.45) is 2.17. The first kappa shape index (κ1) is 15.8. The molecule has 1 aliphatic rings. The Labute approximate surface area is 148 Å². The van der Waals surface area contributed by atoms with E-state index in [4.69, 9.17) is 4.74 Å². The second-order valence-corrected chi connectivity index (χ2v) is 7.25. The van der Waals surface area contributed by atoms with Crippen LogP contribution in [0.5, 0.6) is 5.75 Å². The standard InChI is InChI=1S/C19H18Br2O/c1-13-2-8-17-15(12-13)5-9-18(21)19(17)14-3-6-16(7-4-14)22-11-10-20/h2-4,6-8,12H,5,9-11H2,1H3. The van der Waals surface area contributed by atoms with Crippen LogP contribution in [0.2, 0.25) is 0 Å². The molecule has 0 saturated heterocycles. The Balaban J connectivity index is 1.96. The van der Waals surface area contributed by atoms with Gasteiger partial charge in [-0.3, -0.25) is 0 Å². The average Bonchev–Trinajstić information content (AvgIpc) is 2.54. The van der Waals surface area contributed by atoms with Crippen LogP contribution in [0.25, 0.3) is 5.57 Å².